The third-order valence-corrected chi connectivity index (χ3v) is 3.74. The lowest BCUT2D eigenvalue weighted by Crippen LogP contribution is -2.38. The molecule has 0 saturated carbocycles. The van der Waals surface area contributed by atoms with Gasteiger partial charge in [0.1, 0.15) is 0 Å². The second kappa shape index (κ2) is 5.87. The van der Waals surface area contributed by atoms with Crippen LogP contribution in [0, 0.1) is 5.92 Å². The zero-order valence-corrected chi connectivity index (χ0v) is 12.6. The van der Waals surface area contributed by atoms with Gasteiger partial charge in [0.05, 0.1) is 5.69 Å². The van der Waals surface area contributed by atoms with Gasteiger partial charge in [-0.15, -0.1) is 5.10 Å². The first-order valence-electron chi connectivity index (χ1n) is 7.30. The van der Waals surface area contributed by atoms with E-state index < -0.39 is 0 Å². The van der Waals surface area contributed by atoms with Gasteiger partial charge in [-0.3, -0.25) is 0 Å². The van der Waals surface area contributed by atoms with Gasteiger partial charge in [0.2, 0.25) is 0 Å². The van der Waals surface area contributed by atoms with Crippen LogP contribution in [0.1, 0.15) is 46.2 Å². The highest BCUT2D eigenvalue weighted by molar-refractivity contribution is 5.42. The van der Waals surface area contributed by atoms with Crippen molar-refractivity contribution >= 4 is 5.82 Å². The monoisotopic (exact) mass is 262 g/mol. The lowest BCUT2D eigenvalue weighted by molar-refractivity contribution is 0.511. The minimum absolute atomic E-state index is 0.214. The van der Waals surface area contributed by atoms with Crippen LogP contribution in [-0.2, 0) is 6.54 Å². The second-order valence-electron chi connectivity index (χ2n) is 6.48. The van der Waals surface area contributed by atoms with Crippen LogP contribution in [0.25, 0.3) is 0 Å². The zero-order valence-electron chi connectivity index (χ0n) is 12.6. The van der Waals surface area contributed by atoms with Crippen molar-refractivity contribution in [2.75, 3.05) is 18.0 Å². The van der Waals surface area contributed by atoms with E-state index in [1.165, 1.54) is 12.8 Å². The second-order valence-corrected chi connectivity index (χ2v) is 6.48. The largest absolute Gasteiger partial charge is 0.350 e. The Morgan fingerprint density at radius 1 is 1.32 bits per heavy atom. The molecule has 2 rings (SSSR count). The topological polar surface area (TPSA) is 41.0 Å². The van der Waals surface area contributed by atoms with Crippen LogP contribution in [0.15, 0.2) is 12.1 Å². The maximum Gasteiger partial charge on any atom is 0.151 e. The number of rotatable bonds is 5. The number of anilines is 1. The quantitative estimate of drug-likeness (QED) is 0.885. The lowest BCUT2D eigenvalue weighted by atomic mass is 10.0. The molecule has 0 spiro atoms. The summed E-state index contributed by atoms with van der Waals surface area (Å²) in [5, 5.41) is 12.1. The molecule has 0 aliphatic carbocycles. The molecule has 1 aliphatic heterocycles. The highest BCUT2D eigenvalue weighted by Gasteiger charge is 2.32. The summed E-state index contributed by atoms with van der Waals surface area (Å²) in [5.74, 6) is 1.67. The number of aromatic nitrogens is 2. The van der Waals surface area contributed by atoms with E-state index in [1.807, 2.05) is 0 Å². The van der Waals surface area contributed by atoms with Crippen molar-refractivity contribution in [1.82, 2.24) is 15.5 Å². The summed E-state index contributed by atoms with van der Waals surface area (Å²) >= 11 is 0. The molecule has 19 heavy (non-hydrogen) atoms. The molecule has 106 valence electrons. The molecular formula is C15H26N4. The van der Waals surface area contributed by atoms with Crippen molar-refractivity contribution in [2.24, 2.45) is 5.92 Å². The third kappa shape index (κ3) is 3.66. The molecule has 0 atom stereocenters. The predicted octanol–water partition coefficient (Wildman–Crippen LogP) is 2.60. The predicted molar refractivity (Wildman–Crippen MR) is 79.2 cm³/mol. The van der Waals surface area contributed by atoms with Crippen LogP contribution in [-0.4, -0.2) is 28.8 Å². The Hall–Kier alpha value is -1.16. The van der Waals surface area contributed by atoms with E-state index >= 15 is 0 Å². The van der Waals surface area contributed by atoms with E-state index in [0.717, 1.165) is 31.1 Å². The molecule has 1 aromatic rings. The van der Waals surface area contributed by atoms with Crippen molar-refractivity contribution in [2.45, 2.75) is 52.6 Å². The van der Waals surface area contributed by atoms with Gasteiger partial charge in [-0.25, -0.2) is 0 Å². The highest BCUT2D eigenvalue weighted by atomic mass is 15.3. The van der Waals surface area contributed by atoms with Crippen molar-refractivity contribution in [3.05, 3.63) is 17.8 Å². The van der Waals surface area contributed by atoms with Gasteiger partial charge in [-0.05, 0) is 51.3 Å². The minimum atomic E-state index is 0.214. The molecule has 1 N–H and O–H groups in total. The van der Waals surface area contributed by atoms with Crippen molar-refractivity contribution < 1.29 is 0 Å². The van der Waals surface area contributed by atoms with E-state index in [2.05, 4.69) is 60.2 Å². The van der Waals surface area contributed by atoms with Gasteiger partial charge in [0, 0.05) is 18.6 Å². The highest BCUT2D eigenvalue weighted by Crippen LogP contribution is 2.31. The lowest BCUT2D eigenvalue weighted by Gasteiger charge is -2.32. The molecule has 1 fully saturated rings. The molecule has 2 heterocycles. The summed E-state index contributed by atoms with van der Waals surface area (Å²) in [4.78, 5) is 2.37. The van der Waals surface area contributed by atoms with Gasteiger partial charge >= 0.3 is 0 Å². The number of hydrogen-bond donors (Lipinski definition) is 1. The molecule has 0 aromatic carbocycles. The summed E-state index contributed by atoms with van der Waals surface area (Å²) in [5.41, 5.74) is 1.23. The average molecular weight is 262 g/mol. The summed E-state index contributed by atoms with van der Waals surface area (Å²) in [6.45, 7) is 11.9. The molecule has 1 saturated heterocycles. The molecule has 4 heteroatoms. The van der Waals surface area contributed by atoms with E-state index in [1.54, 1.807) is 0 Å². The SMILES string of the molecule is CC(C)CNCc1ccc(N2CCCC2(C)C)nn1. The van der Waals surface area contributed by atoms with Crippen molar-refractivity contribution in [3.63, 3.8) is 0 Å². The molecule has 1 aliphatic rings. The van der Waals surface area contributed by atoms with Gasteiger partial charge in [0.15, 0.2) is 5.82 Å². The number of hydrogen-bond acceptors (Lipinski definition) is 4. The molecule has 1 aromatic heterocycles. The normalized spacial score (nSPS) is 18.3. The van der Waals surface area contributed by atoms with Gasteiger partial charge in [0.25, 0.3) is 0 Å². The Bertz CT molecular complexity index is 397. The van der Waals surface area contributed by atoms with Crippen LogP contribution >= 0.6 is 0 Å². The minimum Gasteiger partial charge on any atom is -0.350 e. The maximum absolute atomic E-state index is 4.39. The van der Waals surface area contributed by atoms with E-state index in [0.29, 0.717) is 5.92 Å². The van der Waals surface area contributed by atoms with Crippen LogP contribution < -0.4 is 10.2 Å². The Labute approximate surface area is 116 Å². The Morgan fingerprint density at radius 2 is 2.11 bits per heavy atom. The van der Waals surface area contributed by atoms with Crippen LogP contribution in [0.3, 0.4) is 0 Å². The molecule has 0 bridgehead atoms. The van der Waals surface area contributed by atoms with Gasteiger partial charge in [-0.2, -0.15) is 5.10 Å². The van der Waals surface area contributed by atoms with Crippen molar-refractivity contribution in [1.29, 1.82) is 0 Å². The van der Waals surface area contributed by atoms with Crippen LogP contribution in [0.4, 0.5) is 5.82 Å². The maximum atomic E-state index is 4.39. The summed E-state index contributed by atoms with van der Waals surface area (Å²) in [6.07, 6.45) is 2.47. The molecule has 4 nitrogen and oxygen atoms in total. The smallest absolute Gasteiger partial charge is 0.151 e. The first-order chi connectivity index (χ1) is 8.99. The van der Waals surface area contributed by atoms with Crippen LogP contribution in [0.5, 0.6) is 0 Å². The Kier molecular flexibility index (Phi) is 4.40. The van der Waals surface area contributed by atoms with Crippen LogP contribution in [0.2, 0.25) is 0 Å². The molecule has 0 unspecified atom stereocenters. The summed E-state index contributed by atoms with van der Waals surface area (Å²) < 4.78 is 0. The molecular weight excluding hydrogens is 236 g/mol. The van der Waals surface area contributed by atoms with Gasteiger partial charge in [-0.1, -0.05) is 13.8 Å². The Balaban J connectivity index is 1.95. The van der Waals surface area contributed by atoms with Gasteiger partial charge < -0.3 is 10.2 Å². The van der Waals surface area contributed by atoms with E-state index in [-0.39, 0.29) is 5.54 Å². The first kappa shape index (κ1) is 14.3. The summed E-state index contributed by atoms with van der Waals surface area (Å²) in [6, 6.07) is 4.19. The van der Waals surface area contributed by atoms with Crippen molar-refractivity contribution in [3.8, 4) is 0 Å². The molecule has 0 radical (unpaired) electrons. The molecule has 0 amide bonds. The van der Waals surface area contributed by atoms with E-state index in [9.17, 15) is 0 Å². The fourth-order valence-electron chi connectivity index (χ4n) is 2.61. The Morgan fingerprint density at radius 3 is 2.63 bits per heavy atom. The first-order valence-corrected chi connectivity index (χ1v) is 7.30. The number of nitrogens with zero attached hydrogens (tertiary/aromatic N) is 3. The third-order valence-electron chi connectivity index (χ3n) is 3.74. The summed E-state index contributed by atoms with van der Waals surface area (Å²) in [7, 11) is 0. The number of nitrogens with one attached hydrogen (secondary N) is 1. The van der Waals surface area contributed by atoms with E-state index in [4.69, 9.17) is 0 Å². The standard InChI is InChI=1S/C15H26N4/c1-12(2)10-16-11-13-6-7-14(18-17-13)19-9-5-8-15(19,3)4/h6-7,12,16H,5,8-11H2,1-4H3. The zero-order chi connectivity index (χ0) is 13.9. The average Bonchev–Trinajstić information content (AvgIpc) is 2.69. The fourth-order valence-corrected chi connectivity index (χ4v) is 2.61. The fraction of sp³-hybridized carbons (Fsp3) is 0.733.